The molecule has 3 heterocycles. The Bertz CT molecular complexity index is 1240. The predicted molar refractivity (Wildman–Crippen MR) is 131 cm³/mol. The Hall–Kier alpha value is -3.40. The van der Waals surface area contributed by atoms with Crippen LogP contribution >= 0.6 is 11.6 Å². The van der Waals surface area contributed by atoms with Gasteiger partial charge in [-0.15, -0.1) is 0 Å². The highest BCUT2D eigenvalue weighted by atomic mass is 35.5. The maximum Gasteiger partial charge on any atom is 0.410 e. The van der Waals surface area contributed by atoms with Gasteiger partial charge >= 0.3 is 6.18 Å². The molecule has 0 radical (unpaired) electrons. The number of nitrogens with zero attached hydrogens (tertiary/aromatic N) is 4. The number of ether oxygens (including phenoxy) is 1. The molecule has 0 saturated carbocycles. The third kappa shape index (κ3) is 4.45. The minimum Gasteiger partial charge on any atom is -0.495 e. The molecule has 5 rings (SSSR count). The molecule has 1 N–H and O–H groups in total. The minimum atomic E-state index is -4.56. The van der Waals surface area contributed by atoms with E-state index in [9.17, 15) is 18.0 Å². The summed E-state index contributed by atoms with van der Waals surface area (Å²) < 4.78 is 48.3. The van der Waals surface area contributed by atoms with Crippen LogP contribution in [-0.4, -0.2) is 60.1 Å². The molecule has 2 unspecified atom stereocenters. The molecule has 1 aromatic heterocycles. The normalized spacial score (nSPS) is 20.0. The number of rotatable bonds is 4. The van der Waals surface area contributed by atoms with Gasteiger partial charge in [-0.3, -0.25) is 4.79 Å². The van der Waals surface area contributed by atoms with Gasteiger partial charge in [0.25, 0.3) is 5.91 Å². The molecule has 36 heavy (non-hydrogen) atoms. The number of aromatic nitrogens is 2. The average Bonchev–Trinajstić information content (AvgIpc) is 3.23. The number of alkyl halides is 3. The van der Waals surface area contributed by atoms with Gasteiger partial charge in [-0.1, -0.05) is 54.1 Å². The van der Waals surface area contributed by atoms with Crippen molar-refractivity contribution in [1.82, 2.24) is 14.7 Å². The Morgan fingerprint density at radius 1 is 1.06 bits per heavy atom. The largest absolute Gasteiger partial charge is 0.495 e. The lowest BCUT2D eigenvalue weighted by molar-refractivity contribution is -0.173. The van der Waals surface area contributed by atoms with Gasteiger partial charge in [0.2, 0.25) is 0 Å². The molecule has 7 nitrogen and oxygen atoms in total. The van der Waals surface area contributed by atoms with Crippen LogP contribution in [0.2, 0.25) is 5.02 Å². The highest BCUT2D eigenvalue weighted by Crippen LogP contribution is 2.46. The number of benzene rings is 2. The summed E-state index contributed by atoms with van der Waals surface area (Å²) in [5, 5.41) is 7.07. The van der Waals surface area contributed by atoms with Gasteiger partial charge in [0.1, 0.15) is 16.6 Å². The lowest BCUT2D eigenvalue weighted by Gasteiger charge is -2.36. The van der Waals surface area contributed by atoms with E-state index in [0.29, 0.717) is 31.7 Å². The molecule has 0 spiro atoms. The topological polar surface area (TPSA) is 62.6 Å². The van der Waals surface area contributed by atoms with Crippen LogP contribution in [0.1, 0.15) is 34.6 Å². The van der Waals surface area contributed by atoms with E-state index in [0.717, 1.165) is 16.1 Å². The van der Waals surface area contributed by atoms with E-state index in [-0.39, 0.29) is 23.0 Å². The number of para-hydroxylation sites is 2. The highest BCUT2D eigenvalue weighted by molar-refractivity contribution is 6.36. The van der Waals surface area contributed by atoms with E-state index < -0.39 is 24.2 Å². The summed E-state index contributed by atoms with van der Waals surface area (Å²) in [6.45, 7) is 1.82. The van der Waals surface area contributed by atoms with Crippen LogP contribution in [0.25, 0.3) is 0 Å². The van der Waals surface area contributed by atoms with Crippen LogP contribution < -0.4 is 15.0 Å². The summed E-state index contributed by atoms with van der Waals surface area (Å²) >= 11 is 6.50. The molecule has 3 aromatic rings. The monoisotopic (exact) mass is 519 g/mol. The van der Waals surface area contributed by atoms with Crippen molar-refractivity contribution in [2.75, 3.05) is 43.5 Å². The zero-order valence-corrected chi connectivity index (χ0v) is 20.3. The van der Waals surface area contributed by atoms with Crippen LogP contribution in [0.5, 0.6) is 5.75 Å². The van der Waals surface area contributed by atoms with Gasteiger partial charge in [-0.05, 0) is 17.7 Å². The standard InChI is InChI=1S/C25H25ClF3N5O2/c1-36-19-10-6-5-9-18(19)32-11-13-33(14-12-32)24(35)22-21(26)23-30-17(16-7-3-2-4-8-16)15-20(25(27,28)29)34(23)31-22/h2-10,17,20,30H,11-15H2,1H3. The van der Waals surface area contributed by atoms with Crippen LogP contribution in [0.15, 0.2) is 54.6 Å². The van der Waals surface area contributed by atoms with E-state index in [1.54, 1.807) is 42.3 Å². The SMILES string of the molecule is COc1ccccc1N1CCN(C(=O)c2nn3c(c2Cl)NC(c2ccccc2)CC3C(F)(F)F)CC1. The van der Waals surface area contributed by atoms with Crippen LogP contribution in [0.3, 0.4) is 0 Å². The summed E-state index contributed by atoms with van der Waals surface area (Å²) in [6, 6.07) is 14.0. The number of anilines is 2. The maximum absolute atomic E-state index is 14.0. The maximum atomic E-state index is 14.0. The zero-order chi connectivity index (χ0) is 25.4. The number of hydrogen-bond donors (Lipinski definition) is 1. The van der Waals surface area contributed by atoms with Crippen molar-refractivity contribution in [2.45, 2.75) is 24.7 Å². The van der Waals surface area contributed by atoms with Crippen LogP contribution in [0, 0.1) is 0 Å². The smallest absolute Gasteiger partial charge is 0.410 e. The number of hydrogen-bond acceptors (Lipinski definition) is 5. The Kier molecular flexibility index (Phi) is 6.46. The van der Waals surface area contributed by atoms with Gasteiger partial charge in [0, 0.05) is 32.6 Å². The van der Waals surface area contributed by atoms with Gasteiger partial charge in [-0.2, -0.15) is 18.3 Å². The molecule has 1 saturated heterocycles. The lowest BCUT2D eigenvalue weighted by atomic mass is 9.97. The molecule has 0 bridgehead atoms. The molecule has 0 aliphatic carbocycles. The van der Waals surface area contributed by atoms with Gasteiger partial charge < -0.3 is 19.9 Å². The molecular weight excluding hydrogens is 495 g/mol. The fraction of sp³-hybridized carbons (Fsp3) is 0.360. The molecule has 1 amide bonds. The van der Waals surface area contributed by atoms with Crippen molar-refractivity contribution < 1.29 is 22.7 Å². The Balaban J connectivity index is 1.38. The molecule has 2 aliphatic rings. The molecule has 11 heteroatoms. The van der Waals surface area contributed by atoms with Crippen molar-refractivity contribution >= 4 is 29.0 Å². The fourth-order valence-corrected chi connectivity index (χ4v) is 5.08. The van der Waals surface area contributed by atoms with E-state index >= 15 is 0 Å². The third-order valence-electron chi connectivity index (χ3n) is 6.69. The van der Waals surface area contributed by atoms with Crippen molar-refractivity contribution in [2.24, 2.45) is 0 Å². The molecule has 2 aliphatic heterocycles. The number of fused-ring (bicyclic) bond motifs is 1. The van der Waals surface area contributed by atoms with Crippen LogP contribution in [-0.2, 0) is 0 Å². The summed E-state index contributed by atoms with van der Waals surface area (Å²) in [6.07, 6.45) is -4.82. The predicted octanol–water partition coefficient (Wildman–Crippen LogP) is 5.17. The summed E-state index contributed by atoms with van der Waals surface area (Å²) in [5.74, 6) is 0.259. The second-order valence-corrected chi connectivity index (χ2v) is 9.19. The number of carbonyl (C=O) groups is 1. The van der Waals surface area contributed by atoms with Gasteiger partial charge in [0.05, 0.1) is 18.8 Å². The first-order valence-electron chi connectivity index (χ1n) is 11.6. The summed E-state index contributed by atoms with van der Waals surface area (Å²) in [7, 11) is 1.60. The summed E-state index contributed by atoms with van der Waals surface area (Å²) in [4.78, 5) is 17.0. The first kappa shape index (κ1) is 24.3. The van der Waals surface area contributed by atoms with Crippen molar-refractivity contribution in [3.63, 3.8) is 0 Å². The Morgan fingerprint density at radius 3 is 2.39 bits per heavy atom. The highest BCUT2D eigenvalue weighted by Gasteiger charge is 2.48. The number of halogens is 4. The van der Waals surface area contributed by atoms with E-state index in [1.165, 1.54) is 0 Å². The van der Waals surface area contributed by atoms with E-state index in [1.807, 2.05) is 24.3 Å². The fourth-order valence-electron chi connectivity index (χ4n) is 4.82. The number of amides is 1. The minimum absolute atomic E-state index is 0.00935. The number of methoxy groups -OCH3 is 1. The van der Waals surface area contributed by atoms with Crippen molar-refractivity contribution in [3.05, 3.63) is 70.9 Å². The third-order valence-corrected chi connectivity index (χ3v) is 7.05. The average molecular weight is 520 g/mol. The second-order valence-electron chi connectivity index (χ2n) is 8.81. The van der Waals surface area contributed by atoms with Gasteiger partial charge in [-0.25, -0.2) is 4.68 Å². The number of nitrogens with one attached hydrogen (secondary N) is 1. The first-order chi connectivity index (χ1) is 17.3. The molecule has 2 atom stereocenters. The Labute approximate surface area is 211 Å². The molecular formula is C25H25ClF3N5O2. The van der Waals surface area contributed by atoms with Gasteiger partial charge in [0.15, 0.2) is 11.7 Å². The Morgan fingerprint density at radius 2 is 1.72 bits per heavy atom. The molecule has 2 aromatic carbocycles. The zero-order valence-electron chi connectivity index (χ0n) is 19.5. The number of carbonyl (C=O) groups excluding carboxylic acids is 1. The number of piperazine rings is 1. The summed E-state index contributed by atoms with van der Waals surface area (Å²) in [5.41, 5.74) is 1.45. The van der Waals surface area contributed by atoms with Crippen molar-refractivity contribution in [3.8, 4) is 5.75 Å². The van der Waals surface area contributed by atoms with Crippen LogP contribution in [0.4, 0.5) is 24.7 Å². The van der Waals surface area contributed by atoms with Crippen molar-refractivity contribution in [1.29, 1.82) is 0 Å². The van der Waals surface area contributed by atoms with E-state index in [4.69, 9.17) is 16.3 Å². The molecule has 190 valence electrons. The lowest BCUT2D eigenvalue weighted by Crippen LogP contribution is -2.49. The second kappa shape index (κ2) is 9.57. The van der Waals surface area contributed by atoms with E-state index in [2.05, 4.69) is 15.3 Å². The molecule has 1 fully saturated rings. The quantitative estimate of drug-likeness (QED) is 0.515. The first-order valence-corrected chi connectivity index (χ1v) is 12.0.